The van der Waals surface area contributed by atoms with Gasteiger partial charge in [-0.3, -0.25) is 0 Å². The molecule has 1 heteroatoms. The highest BCUT2D eigenvalue weighted by Crippen LogP contribution is 2.17. The molecule has 0 bridgehead atoms. The molecule has 1 aromatic carbocycles. The summed E-state index contributed by atoms with van der Waals surface area (Å²) in [6.07, 6.45) is 5.77. The van der Waals surface area contributed by atoms with Crippen molar-refractivity contribution in [1.29, 1.82) is 0 Å². The fourth-order valence-electron chi connectivity index (χ4n) is 1.04. The summed E-state index contributed by atoms with van der Waals surface area (Å²) in [7, 11) is 0. The lowest BCUT2D eigenvalue weighted by molar-refractivity contribution is 0.815. The average Bonchev–Trinajstić information content (AvgIpc) is 2.25. The zero-order valence-electron chi connectivity index (χ0n) is 8.57. The molecule has 0 saturated carbocycles. The Balaban J connectivity index is 2.30. The number of rotatable bonds is 5. The fraction of sp³-hybridized carbons (Fsp3) is 0.308. The van der Waals surface area contributed by atoms with Gasteiger partial charge < -0.3 is 0 Å². The number of unbranched alkanes of at least 4 members (excludes halogenated alkanes) is 2. The maximum absolute atomic E-state index is 3.18. The molecule has 14 heavy (non-hydrogen) atoms. The fourth-order valence-corrected chi connectivity index (χ4v) is 1.65. The Bertz CT molecular complexity index is 294. The Labute approximate surface area is 90.7 Å². The van der Waals surface area contributed by atoms with Gasteiger partial charge in [0.2, 0.25) is 0 Å². The van der Waals surface area contributed by atoms with Crippen molar-refractivity contribution in [2.24, 2.45) is 0 Å². The van der Waals surface area contributed by atoms with Gasteiger partial charge in [0, 0.05) is 10.3 Å². The zero-order valence-corrected chi connectivity index (χ0v) is 9.39. The van der Waals surface area contributed by atoms with Crippen molar-refractivity contribution in [2.75, 3.05) is 0 Å². The van der Waals surface area contributed by atoms with Crippen LogP contribution in [0.4, 0.5) is 0 Å². The van der Waals surface area contributed by atoms with Crippen molar-refractivity contribution in [3.63, 3.8) is 0 Å². The van der Waals surface area contributed by atoms with Crippen LogP contribution in [0.5, 0.6) is 0 Å². The second-order valence-corrected chi connectivity index (χ2v) is 4.00. The van der Waals surface area contributed by atoms with E-state index in [4.69, 9.17) is 0 Å². The third-order valence-corrected chi connectivity index (χ3v) is 2.62. The monoisotopic (exact) mass is 204 g/mol. The first-order valence-electron chi connectivity index (χ1n) is 5.04. The second kappa shape index (κ2) is 7.49. The molecule has 0 heterocycles. The number of hydrogen-bond acceptors (Lipinski definition) is 1. The van der Waals surface area contributed by atoms with Crippen LogP contribution in [0.3, 0.4) is 0 Å². The molecule has 74 valence electrons. The second-order valence-electron chi connectivity index (χ2n) is 3.06. The molecular formula is C13H16S. The molecule has 0 N–H and O–H groups in total. The largest absolute Gasteiger partial charge is 0.118 e. The highest BCUT2D eigenvalue weighted by molar-refractivity contribution is 8.02. The third kappa shape index (κ3) is 4.96. The maximum Gasteiger partial charge on any atom is 0.0175 e. The normalized spacial score (nSPS) is 9.21. The van der Waals surface area contributed by atoms with Gasteiger partial charge in [-0.1, -0.05) is 43.3 Å². The summed E-state index contributed by atoms with van der Waals surface area (Å²) in [6, 6.07) is 10.3. The molecule has 1 rings (SSSR count). The molecule has 0 aliphatic rings. The molecule has 0 atom stereocenters. The molecule has 0 saturated heterocycles. The summed E-state index contributed by atoms with van der Waals surface area (Å²) >= 11 is 1.71. The van der Waals surface area contributed by atoms with Gasteiger partial charge in [-0.05, 0) is 31.1 Å². The Hall–Kier alpha value is -0.910. The van der Waals surface area contributed by atoms with Crippen LogP contribution < -0.4 is 0 Å². The minimum absolute atomic E-state index is 1.14. The van der Waals surface area contributed by atoms with E-state index in [1.54, 1.807) is 11.8 Å². The summed E-state index contributed by atoms with van der Waals surface area (Å²) in [6.45, 7) is 2.20. The van der Waals surface area contributed by atoms with Crippen molar-refractivity contribution in [1.82, 2.24) is 0 Å². The van der Waals surface area contributed by atoms with E-state index >= 15 is 0 Å². The van der Waals surface area contributed by atoms with E-state index < -0.39 is 0 Å². The maximum atomic E-state index is 3.18. The lowest BCUT2D eigenvalue weighted by Gasteiger charge is -1.91. The predicted octanol–water partition coefficient (Wildman–Crippen LogP) is 4.64. The summed E-state index contributed by atoms with van der Waals surface area (Å²) < 4.78 is 0. The van der Waals surface area contributed by atoms with Gasteiger partial charge in [0.25, 0.3) is 0 Å². The molecule has 0 radical (unpaired) electrons. The Morgan fingerprint density at radius 3 is 2.79 bits per heavy atom. The molecule has 0 aliphatic heterocycles. The highest BCUT2D eigenvalue weighted by atomic mass is 32.2. The van der Waals surface area contributed by atoms with E-state index in [-0.39, 0.29) is 0 Å². The number of benzene rings is 1. The molecule has 0 spiro atoms. The SMILES string of the molecule is CCCCC=C=CSc1ccccc1. The van der Waals surface area contributed by atoms with E-state index in [0.717, 1.165) is 6.42 Å². The first-order valence-corrected chi connectivity index (χ1v) is 5.92. The predicted molar refractivity (Wildman–Crippen MR) is 64.5 cm³/mol. The Morgan fingerprint density at radius 2 is 2.07 bits per heavy atom. The van der Waals surface area contributed by atoms with E-state index in [0.29, 0.717) is 0 Å². The smallest absolute Gasteiger partial charge is 0.0175 e. The first kappa shape index (κ1) is 11.2. The molecule has 0 nitrogen and oxygen atoms in total. The summed E-state index contributed by atoms with van der Waals surface area (Å²) in [4.78, 5) is 1.27. The van der Waals surface area contributed by atoms with Crippen molar-refractivity contribution in [2.45, 2.75) is 31.1 Å². The van der Waals surface area contributed by atoms with Crippen LogP contribution in [0.1, 0.15) is 26.2 Å². The minimum Gasteiger partial charge on any atom is -0.118 e. The van der Waals surface area contributed by atoms with Gasteiger partial charge in [-0.25, -0.2) is 0 Å². The van der Waals surface area contributed by atoms with E-state index in [1.165, 1.54) is 17.7 Å². The summed E-state index contributed by atoms with van der Waals surface area (Å²) in [5, 5.41) is 2.02. The molecule has 0 aromatic heterocycles. The van der Waals surface area contributed by atoms with Gasteiger partial charge in [-0.15, -0.1) is 5.73 Å². The lowest BCUT2D eigenvalue weighted by Crippen LogP contribution is -1.64. The Kier molecular flexibility index (Phi) is 5.97. The molecular weight excluding hydrogens is 188 g/mol. The minimum atomic E-state index is 1.14. The molecule has 0 fully saturated rings. The van der Waals surface area contributed by atoms with E-state index in [1.807, 2.05) is 11.5 Å². The van der Waals surface area contributed by atoms with Crippen LogP contribution in [0.15, 0.2) is 52.4 Å². The number of allylic oxidation sites excluding steroid dienone is 1. The van der Waals surface area contributed by atoms with Crippen molar-refractivity contribution < 1.29 is 0 Å². The van der Waals surface area contributed by atoms with Gasteiger partial charge in [-0.2, -0.15) is 0 Å². The van der Waals surface area contributed by atoms with Crippen LogP contribution in [-0.4, -0.2) is 0 Å². The van der Waals surface area contributed by atoms with E-state index in [2.05, 4.69) is 43.0 Å². The molecule has 1 aromatic rings. The van der Waals surface area contributed by atoms with Crippen LogP contribution in [0.2, 0.25) is 0 Å². The first-order chi connectivity index (χ1) is 6.93. The van der Waals surface area contributed by atoms with Crippen LogP contribution >= 0.6 is 11.8 Å². The molecule has 0 unspecified atom stereocenters. The average molecular weight is 204 g/mol. The standard InChI is InChI=1S/C13H16S/c1-2-3-4-5-9-12-14-13-10-7-6-8-11-13/h5-8,10-12H,2-4H2,1H3. The van der Waals surface area contributed by atoms with Crippen LogP contribution in [-0.2, 0) is 0 Å². The molecule has 0 aliphatic carbocycles. The van der Waals surface area contributed by atoms with Crippen LogP contribution in [0.25, 0.3) is 0 Å². The highest BCUT2D eigenvalue weighted by Gasteiger charge is 1.84. The number of thioether (sulfide) groups is 1. The van der Waals surface area contributed by atoms with Gasteiger partial charge in [0.1, 0.15) is 0 Å². The Morgan fingerprint density at radius 1 is 1.29 bits per heavy atom. The molecule has 0 amide bonds. The van der Waals surface area contributed by atoms with Crippen molar-refractivity contribution in [3.05, 3.63) is 47.5 Å². The van der Waals surface area contributed by atoms with Gasteiger partial charge in [0.05, 0.1) is 0 Å². The van der Waals surface area contributed by atoms with Gasteiger partial charge in [0.15, 0.2) is 0 Å². The van der Waals surface area contributed by atoms with E-state index in [9.17, 15) is 0 Å². The van der Waals surface area contributed by atoms with Crippen LogP contribution in [0, 0.1) is 0 Å². The quantitative estimate of drug-likeness (QED) is 0.382. The zero-order chi connectivity index (χ0) is 10.1. The number of hydrogen-bond donors (Lipinski definition) is 0. The summed E-state index contributed by atoms with van der Waals surface area (Å²) in [5.41, 5.74) is 3.18. The van der Waals surface area contributed by atoms with Crippen molar-refractivity contribution in [3.8, 4) is 0 Å². The summed E-state index contributed by atoms with van der Waals surface area (Å²) in [5.74, 6) is 0. The van der Waals surface area contributed by atoms with Crippen molar-refractivity contribution >= 4 is 11.8 Å². The topological polar surface area (TPSA) is 0 Å². The lowest BCUT2D eigenvalue weighted by atomic mass is 10.2. The third-order valence-electron chi connectivity index (χ3n) is 1.83. The van der Waals surface area contributed by atoms with Gasteiger partial charge >= 0.3 is 0 Å².